The monoisotopic (exact) mass is 302 g/mol. The van der Waals surface area contributed by atoms with Crippen molar-refractivity contribution in [3.63, 3.8) is 0 Å². The highest BCUT2D eigenvalue weighted by Gasteiger charge is 2.32. The fourth-order valence-electron chi connectivity index (χ4n) is 2.08. The van der Waals surface area contributed by atoms with Crippen LogP contribution in [0.3, 0.4) is 0 Å². The molecule has 0 spiro atoms. The van der Waals surface area contributed by atoms with Gasteiger partial charge in [0.15, 0.2) is 9.84 Å². The minimum atomic E-state index is -4.47. The highest BCUT2D eigenvalue weighted by Crippen LogP contribution is 2.31. The lowest BCUT2D eigenvalue weighted by atomic mass is 10.1. The fraction of sp³-hybridized carbons (Fsp3) is 0.286. The maximum Gasteiger partial charge on any atom is 0.416 e. The van der Waals surface area contributed by atoms with Crippen LogP contribution in [0.5, 0.6) is 0 Å². The summed E-state index contributed by atoms with van der Waals surface area (Å²) in [5.74, 6) is 0. The number of hydrogen-bond acceptors (Lipinski definition) is 2. The Morgan fingerprint density at radius 1 is 1.15 bits per heavy atom. The Kier molecular flexibility index (Phi) is 3.77. The lowest BCUT2D eigenvalue weighted by Gasteiger charge is -2.19. The van der Waals surface area contributed by atoms with Crippen LogP contribution in [-0.4, -0.2) is 13.7 Å². The second-order valence-electron chi connectivity index (χ2n) is 4.63. The van der Waals surface area contributed by atoms with E-state index in [1.807, 2.05) is 0 Å². The Morgan fingerprint density at radius 2 is 1.75 bits per heavy atom. The summed E-state index contributed by atoms with van der Waals surface area (Å²) in [5.41, 5.74) is -0.167. The van der Waals surface area contributed by atoms with Gasteiger partial charge in [-0.1, -0.05) is 23.8 Å². The summed E-state index contributed by atoms with van der Waals surface area (Å²) in [5, 5.41) is -0.704. The van der Waals surface area contributed by atoms with Crippen LogP contribution in [0.1, 0.15) is 18.9 Å². The van der Waals surface area contributed by atoms with Crippen LogP contribution in [0.2, 0.25) is 0 Å². The molecule has 0 radical (unpaired) electrons. The number of alkyl halides is 3. The summed E-state index contributed by atoms with van der Waals surface area (Å²) in [6.45, 7) is 1.70. The quantitative estimate of drug-likeness (QED) is 0.833. The van der Waals surface area contributed by atoms with Gasteiger partial charge in [-0.05, 0) is 37.6 Å². The van der Waals surface area contributed by atoms with E-state index >= 15 is 0 Å². The lowest BCUT2D eigenvalue weighted by Crippen LogP contribution is -2.23. The van der Waals surface area contributed by atoms with Gasteiger partial charge in [-0.25, -0.2) is 8.42 Å². The molecule has 20 heavy (non-hydrogen) atoms. The van der Waals surface area contributed by atoms with Gasteiger partial charge in [-0.2, -0.15) is 13.2 Å². The zero-order valence-electron chi connectivity index (χ0n) is 10.7. The molecule has 0 aromatic heterocycles. The Bertz CT molecular complexity index is 653. The molecule has 1 aromatic rings. The molecule has 0 aliphatic heterocycles. The fourth-order valence-corrected chi connectivity index (χ4v) is 3.86. The van der Waals surface area contributed by atoms with Gasteiger partial charge in [0, 0.05) is 0 Å². The summed E-state index contributed by atoms with van der Waals surface area (Å²) in [7, 11) is -3.66. The molecule has 108 valence electrons. The van der Waals surface area contributed by atoms with Crippen molar-refractivity contribution in [3.05, 3.63) is 53.6 Å². The predicted molar refractivity (Wildman–Crippen MR) is 69.9 cm³/mol. The summed E-state index contributed by atoms with van der Waals surface area (Å²) >= 11 is 0. The maximum atomic E-state index is 12.5. The van der Waals surface area contributed by atoms with Gasteiger partial charge in [0.05, 0.1) is 15.7 Å². The summed E-state index contributed by atoms with van der Waals surface area (Å²) < 4.78 is 62.2. The lowest BCUT2D eigenvalue weighted by molar-refractivity contribution is -0.137. The Balaban J connectivity index is 2.36. The largest absolute Gasteiger partial charge is 0.416 e. The first-order valence-electron chi connectivity index (χ1n) is 5.97. The van der Waals surface area contributed by atoms with E-state index in [-0.39, 0.29) is 4.90 Å². The normalized spacial score (nSPS) is 19.8. The van der Waals surface area contributed by atoms with Crippen LogP contribution in [0, 0.1) is 0 Å². The average Bonchev–Trinajstić information content (AvgIpc) is 2.38. The van der Waals surface area contributed by atoms with Crippen molar-refractivity contribution >= 4 is 9.84 Å². The van der Waals surface area contributed by atoms with Gasteiger partial charge in [-0.3, -0.25) is 0 Å². The van der Waals surface area contributed by atoms with Crippen molar-refractivity contribution in [2.24, 2.45) is 0 Å². The number of sulfone groups is 1. The van der Waals surface area contributed by atoms with Crippen LogP contribution in [-0.2, 0) is 16.0 Å². The van der Waals surface area contributed by atoms with E-state index in [2.05, 4.69) is 0 Å². The third-order valence-electron chi connectivity index (χ3n) is 3.24. The molecule has 0 bridgehead atoms. The second-order valence-corrected chi connectivity index (χ2v) is 6.76. The zero-order chi connectivity index (χ0) is 15.0. The summed E-state index contributed by atoms with van der Waals surface area (Å²) in [4.78, 5) is -0.0847. The smallest absolute Gasteiger partial charge is 0.223 e. The molecule has 1 aliphatic carbocycles. The molecule has 0 heterocycles. The van der Waals surface area contributed by atoms with E-state index in [4.69, 9.17) is 0 Å². The molecule has 1 unspecified atom stereocenters. The first-order chi connectivity index (χ1) is 9.23. The van der Waals surface area contributed by atoms with Crippen molar-refractivity contribution in [1.82, 2.24) is 0 Å². The number of benzene rings is 1. The van der Waals surface area contributed by atoms with E-state index in [9.17, 15) is 21.6 Å². The topological polar surface area (TPSA) is 34.1 Å². The first-order valence-corrected chi connectivity index (χ1v) is 7.52. The van der Waals surface area contributed by atoms with Crippen molar-refractivity contribution in [1.29, 1.82) is 0 Å². The number of halogens is 3. The molecular weight excluding hydrogens is 289 g/mol. The van der Waals surface area contributed by atoms with Gasteiger partial charge >= 0.3 is 6.18 Å². The minimum absolute atomic E-state index is 0.0847. The molecule has 1 aromatic carbocycles. The molecule has 2 nitrogen and oxygen atoms in total. The van der Waals surface area contributed by atoms with Gasteiger partial charge in [0.2, 0.25) is 0 Å². The van der Waals surface area contributed by atoms with Gasteiger partial charge in [0.25, 0.3) is 0 Å². The van der Waals surface area contributed by atoms with Crippen molar-refractivity contribution in [3.8, 4) is 0 Å². The van der Waals surface area contributed by atoms with Crippen LogP contribution in [0.4, 0.5) is 13.2 Å². The van der Waals surface area contributed by atoms with Crippen molar-refractivity contribution < 1.29 is 21.6 Å². The minimum Gasteiger partial charge on any atom is -0.223 e. The summed E-state index contributed by atoms with van der Waals surface area (Å²) in [6, 6.07) is 3.63. The van der Waals surface area contributed by atoms with Gasteiger partial charge in [-0.15, -0.1) is 0 Å². The molecular formula is C14H13F3O2S. The Labute approximate surface area is 115 Å². The molecule has 0 fully saturated rings. The van der Waals surface area contributed by atoms with Crippen LogP contribution in [0.25, 0.3) is 0 Å². The number of rotatable bonds is 2. The van der Waals surface area contributed by atoms with E-state index in [0.717, 1.165) is 24.3 Å². The second kappa shape index (κ2) is 5.09. The number of allylic oxidation sites excluding steroid dienone is 3. The van der Waals surface area contributed by atoms with Crippen LogP contribution >= 0.6 is 0 Å². The summed E-state index contributed by atoms with van der Waals surface area (Å²) in [6.07, 6.45) is 1.08. The van der Waals surface area contributed by atoms with E-state index < -0.39 is 26.8 Å². The molecule has 0 N–H and O–H groups in total. The van der Waals surface area contributed by atoms with E-state index in [1.54, 1.807) is 25.2 Å². The van der Waals surface area contributed by atoms with Crippen molar-refractivity contribution in [2.75, 3.05) is 0 Å². The first kappa shape index (κ1) is 14.8. The SMILES string of the molecule is CC1=CC=CCC1S(=O)(=O)c1ccc(C(F)(F)F)cc1. The molecule has 1 atom stereocenters. The van der Waals surface area contributed by atoms with Crippen LogP contribution in [0.15, 0.2) is 53.0 Å². The van der Waals surface area contributed by atoms with Gasteiger partial charge < -0.3 is 0 Å². The highest BCUT2D eigenvalue weighted by atomic mass is 32.2. The molecule has 0 saturated heterocycles. The average molecular weight is 302 g/mol. The van der Waals surface area contributed by atoms with Gasteiger partial charge in [0.1, 0.15) is 0 Å². The van der Waals surface area contributed by atoms with Crippen LogP contribution < -0.4 is 0 Å². The van der Waals surface area contributed by atoms with E-state index in [1.165, 1.54) is 0 Å². The van der Waals surface area contributed by atoms with Crippen molar-refractivity contribution in [2.45, 2.75) is 29.7 Å². The standard InChI is InChI=1S/C14H13F3O2S/c1-10-4-2-3-5-13(10)20(18,19)12-8-6-11(7-9-12)14(15,16)17/h2-4,6-9,13H,5H2,1H3. The molecule has 0 saturated carbocycles. The third kappa shape index (κ3) is 2.80. The molecule has 1 aliphatic rings. The number of hydrogen-bond donors (Lipinski definition) is 0. The Hall–Kier alpha value is -1.56. The Morgan fingerprint density at radius 3 is 2.25 bits per heavy atom. The molecule has 2 rings (SSSR count). The maximum absolute atomic E-state index is 12.5. The zero-order valence-corrected chi connectivity index (χ0v) is 11.5. The molecule has 6 heteroatoms. The highest BCUT2D eigenvalue weighted by molar-refractivity contribution is 7.92. The third-order valence-corrected chi connectivity index (χ3v) is 5.48. The van der Waals surface area contributed by atoms with E-state index in [0.29, 0.717) is 12.0 Å². The predicted octanol–water partition coefficient (Wildman–Crippen LogP) is 3.75. The molecule has 0 amide bonds.